The molecule has 12 heteroatoms. The molecule has 6 nitrogen and oxygen atoms in total. The minimum Gasteiger partial charge on any atom is -0.496 e. The van der Waals surface area contributed by atoms with Gasteiger partial charge in [-0.25, -0.2) is 9.97 Å². The van der Waals surface area contributed by atoms with E-state index in [0.717, 1.165) is 40.8 Å². The second kappa shape index (κ2) is 13.9. The molecule has 2 aromatic carbocycles. The fourth-order valence-corrected chi connectivity index (χ4v) is 5.68. The topological polar surface area (TPSA) is 67.7 Å². The van der Waals surface area contributed by atoms with Gasteiger partial charge in [-0.15, -0.1) is 0 Å². The molecule has 0 fully saturated rings. The number of nitrogens with zero attached hydrogens (tertiary/aromatic N) is 3. The number of alkyl halides is 6. The van der Waals surface area contributed by atoms with Gasteiger partial charge in [-0.2, -0.15) is 26.3 Å². The summed E-state index contributed by atoms with van der Waals surface area (Å²) >= 11 is 0. The summed E-state index contributed by atoms with van der Waals surface area (Å²) in [6.07, 6.45) is -5.06. The highest BCUT2D eigenvalue weighted by molar-refractivity contribution is 5.75. The van der Waals surface area contributed by atoms with Crippen LogP contribution in [-0.4, -0.2) is 41.9 Å². The highest BCUT2D eigenvalue weighted by Crippen LogP contribution is 2.46. The standard InChI is InChI=1S/C34H39F6N3O3/c1-21(2)23-6-7-30(45-5)29(14-23)28-8-9-32(3,4)16-24(28)20-43(31-41-17-27(18-42-31)46-11-10-44)19-22-12-25(33(35,36)37)15-26(13-22)34(38,39)40/h6-7,12-15,17-18,21,44H,8-11,16,19-20H2,1-5H3. The monoisotopic (exact) mass is 651 g/mol. The summed E-state index contributed by atoms with van der Waals surface area (Å²) in [6, 6.07) is 7.60. The van der Waals surface area contributed by atoms with Gasteiger partial charge in [0.15, 0.2) is 5.75 Å². The molecule has 1 aliphatic carbocycles. The highest BCUT2D eigenvalue weighted by Gasteiger charge is 2.37. The predicted octanol–water partition coefficient (Wildman–Crippen LogP) is 8.69. The summed E-state index contributed by atoms with van der Waals surface area (Å²) in [5.41, 5.74) is 0.911. The lowest BCUT2D eigenvalue weighted by atomic mass is 9.72. The maximum atomic E-state index is 13.7. The summed E-state index contributed by atoms with van der Waals surface area (Å²) < 4.78 is 93.6. The van der Waals surface area contributed by atoms with Crippen LogP contribution in [-0.2, 0) is 18.9 Å². The van der Waals surface area contributed by atoms with Gasteiger partial charge in [0.1, 0.15) is 12.4 Å². The number of benzene rings is 2. The van der Waals surface area contributed by atoms with Gasteiger partial charge in [-0.1, -0.05) is 33.8 Å². The Morgan fingerprint density at radius 3 is 2.11 bits per heavy atom. The summed E-state index contributed by atoms with van der Waals surface area (Å²) in [7, 11) is 1.59. The first-order valence-electron chi connectivity index (χ1n) is 15.0. The third-order valence-electron chi connectivity index (χ3n) is 8.05. The van der Waals surface area contributed by atoms with Crippen molar-refractivity contribution in [1.29, 1.82) is 0 Å². The molecule has 0 bridgehead atoms. The van der Waals surface area contributed by atoms with Gasteiger partial charge in [0.2, 0.25) is 5.95 Å². The number of aliphatic hydroxyl groups excluding tert-OH is 1. The molecule has 0 aliphatic heterocycles. The van der Waals surface area contributed by atoms with Crippen molar-refractivity contribution in [3.63, 3.8) is 0 Å². The van der Waals surface area contributed by atoms with Crippen LogP contribution in [0.3, 0.4) is 0 Å². The number of anilines is 1. The third-order valence-corrected chi connectivity index (χ3v) is 8.05. The van der Waals surface area contributed by atoms with Crippen molar-refractivity contribution in [3.8, 4) is 11.5 Å². The Hall–Kier alpha value is -3.80. The maximum absolute atomic E-state index is 13.7. The zero-order valence-corrected chi connectivity index (χ0v) is 26.5. The van der Waals surface area contributed by atoms with E-state index in [2.05, 4.69) is 43.7 Å². The van der Waals surface area contributed by atoms with Crippen molar-refractivity contribution in [3.05, 3.63) is 82.2 Å². The Labute approximate surface area is 265 Å². The number of ether oxygens (including phenoxy) is 2. The van der Waals surface area contributed by atoms with Gasteiger partial charge < -0.3 is 19.5 Å². The Balaban J connectivity index is 1.86. The van der Waals surface area contributed by atoms with Crippen molar-refractivity contribution in [1.82, 2.24) is 9.97 Å². The number of hydrogen-bond acceptors (Lipinski definition) is 6. The van der Waals surface area contributed by atoms with E-state index in [4.69, 9.17) is 14.6 Å². The zero-order chi connectivity index (χ0) is 33.9. The largest absolute Gasteiger partial charge is 0.496 e. The maximum Gasteiger partial charge on any atom is 0.416 e. The second-order valence-corrected chi connectivity index (χ2v) is 12.6. The van der Waals surface area contributed by atoms with Gasteiger partial charge in [-0.05, 0) is 83.2 Å². The molecule has 0 spiro atoms. The lowest BCUT2D eigenvalue weighted by molar-refractivity contribution is -0.143. The predicted molar refractivity (Wildman–Crippen MR) is 164 cm³/mol. The fraction of sp³-hybridized carbons (Fsp3) is 0.471. The van der Waals surface area contributed by atoms with Crippen LogP contribution in [0.2, 0.25) is 0 Å². The van der Waals surface area contributed by atoms with Crippen LogP contribution in [0.5, 0.6) is 11.5 Å². The van der Waals surface area contributed by atoms with Gasteiger partial charge in [-0.3, -0.25) is 0 Å². The van der Waals surface area contributed by atoms with Crippen molar-refractivity contribution >= 4 is 11.5 Å². The number of aromatic nitrogens is 2. The van der Waals surface area contributed by atoms with Gasteiger partial charge in [0, 0.05) is 18.7 Å². The lowest BCUT2D eigenvalue weighted by Crippen LogP contribution is -2.31. The van der Waals surface area contributed by atoms with Crippen LogP contribution >= 0.6 is 0 Å². The molecule has 1 heterocycles. The van der Waals surface area contributed by atoms with Crippen LogP contribution in [0.25, 0.3) is 5.57 Å². The second-order valence-electron chi connectivity index (χ2n) is 12.6. The van der Waals surface area contributed by atoms with E-state index in [9.17, 15) is 26.3 Å². The quantitative estimate of drug-likeness (QED) is 0.209. The molecule has 4 rings (SSSR count). The van der Waals surface area contributed by atoms with E-state index in [1.54, 1.807) is 12.0 Å². The Bertz CT molecular complexity index is 1500. The highest BCUT2D eigenvalue weighted by atomic mass is 19.4. The molecule has 3 aromatic rings. The number of hydrogen-bond donors (Lipinski definition) is 1. The Morgan fingerprint density at radius 2 is 1.57 bits per heavy atom. The molecule has 0 unspecified atom stereocenters. The molecule has 0 saturated carbocycles. The summed E-state index contributed by atoms with van der Waals surface area (Å²) in [5.74, 6) is 1.27. The van der Waals surface area contributed by atoms with Crippen LogP contribution in [0, 0.1) is 5.41 Å². The van der Waals surface area contributed by atoms with E-state index < -0.39 is 23.5 Å². The van der Waals surface area contributed by atoms with E-state index in [-0.39, 0.29) is 61.0 Å². The third kappa shape index (κ3) is 8.71. The molecule has 0 radical (unpaired) electrons. The zero-order valence-electron chi connectivity index (χ0n) is 26.5. The first-order chi connectivity index (χ1) is 21.5. The average molecular weight is 652 g/mol. The minimum atomic E-state index is -4.98. The summed E-state index contributed by atoms with van der Waals surface area (Å²) in [6.45, 7) is 8.00. The molecule has 1 N–H and O–H groups in total. The van der Waals surface area contributed by atoms with Crippen LogP contribution in [0.1, 0.15) is 80.7 Å². The SMILES string of the molecule is COc1ccc(C(C)C)cc1C1=C(CN(Cc2cc(C(F)(F)F)cc(C(F)(F)F)c2)c2ncc(OCCO)cn2)CC(C)(C)CC1. The van der Waals surface area contributed by atoms with Crippen molar-refractivity contribution in [2.24, 2.45) is 5.41 Å². The number of halogens is 6. The molecule has 250 valence electrons. The Kier molecular flexibility index (Phi) is 10.6. The summed E-state index contributed by atoms with van der Waals surface area (Å²) in [4.78, 5) is 10.3. The van der Waals surface area contributed by atoms with E-state index >= 15 is 0 Å². The van der Waals surface area contributed by atoms with Gasteiger partial charge >= 0.3 is 12.4 Å². The Morgan fingerprint density at radius 1 is 0.935 bits per heavy atom. The molecule has 1 aliphatic rings. The van der Waals surface area contributed by atoms with Crippen molar-refractivity contribution < 1.29 is 40.9 Å². The van der Waals surface area contributed by atoms with Gasteiger partial charge in [0.05, 0.1) is 37.2 Å². The molecular formula is C34H39F6N3O3. The first-order valence-corrected chi connectivity index (χ1v) is 15.0. The number of rotatable bonds is 11. The first kappa shape index (κ1) is 35.1. The molecule has 0 amide bonds. The van der Waals surface area contributed by atoms with Crippen LogP contribution in [0.15, 0.2) is 54.4 Å². The smallest absolute Gasteiger partial charge is 0.416 e. The lowest BCUT2D eigenvalue weighted by Gasteiger charge is -2.36. The average Bonchev–Trinajstić information content (AvgIpc) is 2.98. The number of aliphatic hydroxyl groups is 1. The van der Waals surface area contributed by atoms with Crippen LogP contribution in [0.4, 0.5) is 32.3 Å². The normalized spacial score (nSPS) is 15.3. The molecular weight excluding hydrogens is 612 g/mol. The molecule has 0 atom stereocenters. The van der Waals surface area contributed by atoms with Gasteiger partial charge in [0.25, 0.3) is 0 Å². The molecule has 46 heavy (non-hydrogen) atoms. The fourth-order valence-electron chi connectivity index (χ4n) is 5.68. The van der Waals surface area contributed by atoms with E-state index in [0.29, 0.717) is 18.6 Å². The molecule has 0 saturated heterocycles. The van der Waals surface area contributed by atoms with Crippen LogP contribution < -0.4 is 14.4 Å². The van der Waals surface area contributed by atoms with E-state index in [1.165, 1.54) is 12.4 Å². The molecule has 1 aromatic heterocycles. The number of allylic oxidation sites excluding steroid dienone is 1. The summed E-state index contributed by atoms with van der Waals surface area (Å²) in [5, 5.41) is 9.07. The van der Waals surface area contributed by atoms with E-state index in [1.807, 2.05) is 12.1 Å². The number of methoxy groups -OCH3 is 1. The minimum absolute atomic E-state index is 0.000519. The van der Waals surface area contributed by atoms with Crippen molar-refractivity contribution in [2.75, 3.05) is 31.8 Å². The van der Waals surface area contributed by atoms with Crippen molar-refractivity contribution in [2.45, 2.75) is 71.8 Å².